The van der Waals surface area contributed by atoms with Gasteiger partial charge in [0, 0.05) is 0 Å². The second kappa shape index (κ2) is 10.2. The van der Waals surface area contributed by atoms with E-state index in [0.717, 1.165) is 25.7 Å². The smallest absolute Gasteiger partial charge is 0.194 e. The largest absolute Gasteiger partial charge is 0.204 e. The van der Waals surface area contributed by atoms with Crippen LogP contribution in [0.1, 0.15) is 115 Å². The van der Waals surface area contributed by atoms with Crippen molar-refractivity contribution in [2.45, 2.75) is 109 Å². The zero-order valence-corrected chi connectivity index (χ0v) is 17.5. The first-order chi connectivity index (χ1) is 13.5. The maximum absolute atomic E-state index is 13.8. The monoisotopic (exact) mass is 394 g/mol. The minimum atomic E-state index is -1.34. The third kappa shape index (κ3) is 5.33. The van der Waals surface area contributed by atoms with Crippen LogP contribution in [-0.4, -0.2) is 0 Å². The molecule has 0 nitrogen and oxygen atoms in total. The predicted octanol–water partition coefficient (Wildman–Crippen LogP) is 8.69. The molecule has 158 valence electrons. The minimum absolute atomic E-state index is 0.176. The first-order valence-electron chi connectivity index (χ1n) is 11.7. The molecule has 2 unspecified atom stereocenters. The predicted molar refractivity (Wildman–Crippen MR) is 110 cm³/mol. The fourth-order valence-electron chi connectivity index (χ4n) is 5.95. The van der Waals surface area contributed by atoms with Crippen LogP contribution >= 0.6 is 0 Å². The third-order valence-electron chi connectivity index (χ3n) is 7.61. The summed E-state index contributed by atoms with van der Waals surface area (Å²) in [7, 11) is 0. The number of halogens is 3. The molecule has 2 atom stereocenters. The average Bonchev–Trinajstić information content (AvgIpc) is 2.71. The van der Waals surface area contributed by atoms with Crippen molar-refractivity contribution in [3.05, 3.63) is 35.1 Å². The van der Waals surface area contributed by atoms with E-state index in [1.54, 1.807) is 0 Å². The van der Waals surface area contributed by atoms with Gasteiger partial charge >= 0.3 is 0 Å². The molecule has 1 aromatic carbocycles. The van der Waals surface area contributed by atoms with Crippen LogP contribution in [-0.2, 0) is 0 Å². The molecule has 2 saturated carbocycles. The fraction of sp³-hybridized carbons (Fsp3) is 0.760. The quantitative estimate of drug-likeness (QED) is 0.305. The van der Waals surface area contributed by atoms with E-state index in [0.29, 0.717) is 16.9 Å². The topological polar surface area (TPSA) is 0 Å². The minimum Gasteiger partial charge on any atom is -0.204 e. The summed E-state index contributed by atoms with van der Waals surface area (Å²) in [5.41, 5.74) is 1.17. The molecule has 3 rings (SSSR count). The van der Waals surface area contributed by atoms with Crippen molar-refractivity contribution in [2.75, 3.05) is 0 Å². The van der Waals surface area contributed by atoms with Crippen LogP contribution in [0.15, 0.2) is 12.1 Å². The van der Waals surface area contributed by atoms with Gasteiger partial charge in [-0.1, -0.05) is 58.3 Å². The molecule has 0 amide bonds. The summed E-state index contributed by atoms with van der Waals surface area (Å²) in [5, 5.41) is 0. The SMILES string of the molecule is CCCCCC1(CCC2CCCCC2c2cc(F)c(F)c(F)c2)CCCCC1. The molecular weight excluding hydrogens is 357 g/mol. The Labute approximate surface area is 169 Å². The summed E-state index contributed by atoms with van der Waals surface area (Å²) in [4.78, 5) is 0. The fourth-order valence-corrected chi connectivity index (χ4v) is 5.95. The maximum atomic E-state index is 13.8. The van der Waals surface area contributed by atoms with Gasteiger partial charge in [-0.15, -0.1) is 0 Å². The van der Waals surface area contributed by atoms with Gasteiger partial charge in [0.05, 0.1) is 0 Å². The number of unbranched alkanes of at least 4 members (excludes halogenated alkanes) is 2. The Hall–Kier alpha value is -0.990. The molecule has 2 fully saturated rings. The second-order valence-electron chi connectivity index (χ2n) is 9.51. The Balaban J connectivity index is 1.69. The summed E-state index contributed by atoms with van der Waals surface area (Å²) in [6, 6.07) is 2.50. The van der Waals surface area contributed by atoms with Crippen molar-refractivity contribution in [2.24, 2.45) is 11.3 Å². The van der Waals surface area contributed by atoms with Gasteiger partial charge in [0.25, 0.3) is 0 Å². The van der Waals surface area contributed by atoms with Crippen LogP contribution in [0.2, 0.25) is 0 Å². The molecule has 3 heteroatoms. The lowest BCUT2D eigenvalue weighted by Crippen LogP contribution is -2.27. The van der Waals surface area contributed by atoms with E-state index in [1.807, 2.05) is 0 Å². The highest BCUT2D eigenvalue weighted by Crippen LogP contribution is 2.48. The number of benzene rings is 1. The molecule has 0 heterocycles. The summed E-state index contributed by atoms with van der Waals surface area (Å²) in [6.45, 7) is 2.27. The van der Waals surface area contributed by atoms with E-state index in [1.165, 1.54) is 82.8 Å². The third-order valence-corrected chi connectivity index (χ3v) is 7.61. The van der Waals surface area contributed by atoms with Crippen molar-refractivity contribution < 1.29 is 13.2 Å². The van der Waals surface area contributed by atoms with E-state index in [9.17, 15) is 13.2 Å². The first-order valence-corrected chi connectivity index (χ1v) is 11.7. The number of rotatable bonds is 8. The van der Waals surface area contributed by atoms with Gasteiger partial charge in [-0.2, -0.15) is 0 Å². The molecule has 2 aliphatic rings. The van der Waals surface area contributed by atoms with Crippen LogP contribution < -0.4 is 0 Å². The molecule has 0 spiro atoms. The van der Waals surface area contributed by atoms with E-state index < -0.39 is 17.5 Å². The molecule has 0 aromatic heterocycles. The number of hydrogen-bond acceptors (Lipinski definition) is 0. The van der Waals surface area contributed by atoms with E-state index in [4.69, 9.17) is 0 Å². The molecule has 1 aromatic rings. The van der Waals surface area contributed by atoms with Crippen LogP contribution in [0.3, 0.4) is 0 Å². The van der Waals surface area contributed by atoms with Gasteiger partial charge in [0.15, 0.2) is 17.5 Å². The highest BCUT2D eigenvalue weighted by Gasteiger charge is 2.34. The van der Waals surface area contributed by atoms with Gasteiger partial charge in [-0.3, -0.25) is 0 Å². The van der Waals surface area contributed by atoms with Crippen LogP contribution in [0.5, 0.6) is 0 Å². The summed E-state index contributed by atoms with van der Waals surface area (Å²) in [5.74, 6) is -2.77. The Bertz CT molecular complexity index is 595. The Morgan fingerprint density at radius 1 is 0.857 bits per heavy atom. The van der Waals surface area contributed by atoms with E-state index in [2.05, 4.69) is 6.92 Å². The average molecular weight is 395 g/mol. The van der Waals surface area contributed by atoms with E-state index in [-0.39, 0.29) is 5.92 Å². The van der Waals surface area contributed by atoms with Gasteiger partial charge in [0.1, 0.15) is 0 Å². The molecule has 0 saturated heterocycles. The van der Waals surface area contributed by atoms with Crippen molar-refractivity contribution in [1.29, 1.82) is 0 Å². The molecule has 2 aliphatic carbocycles. The molecule has 0 bridgehead atoms. The zero-order valence-electron chi connectivity index (χ0n) is 17.5. The Morgan fingerprint density at radius 3 is 2.21 bits per heavy atom. The lowest BCUT2D eigenvalue weighted by Gasteiger charge is -2.40. The van der Waals surface area contributed by atoms with Crippen molar-refractivity contribution in [3.8, 4) is 0 Å². The standard InChI is InChI=1S/C25H37F3/c1-2-3-7-13-25(14-8-4-9-15-25)16-12-19-10-5-6-11-21(19)20-17-22(26)24(28)23(27)18-20/h17-19,21H,2-16H2,1H3. The van der Waals surface area contributed by atoms with Gasteiger partial charge in [-0.25, -0.2) is 13.2 Å². The Morgan fingerprint density at radius 2 is 1.54 bits per heavy atom. The van der Waals surface area contributed by atoms with Gasteiger partial charge < -0.3 is 0 Å². The molecule has 0 aliphatic heterocycles. The lowest BCUT2D eigenvalue weighted by atomic mass is 9.65. The van der Waals surface area contributed by atoms with Gasteiger partial charge in [-0.05, 0) is 79.9 Å². The van der Waals surface area contributed by atoms with Crippen molar-refractivity contribution in [1.82, 2.24) is 0 Å². The highest BCUT2D eigenvalue weighted by molar-refractivity contribution is 5.24. The summed E-state index contributed by atoms with van der Waals surface area (Å²) < 4.78 is 41.0. The molecule has 28 heavy (non-hydrogen) atoms. The molecular formula is C25H37F3. The number of hydrogen-bond donors (Lipinski definition) is 0. The van der Waals surface area contributed by atoms with E-state index >= 15 is 0 Å². The van der Waals surface area contributed by atoms with Crippen LogP contribution in [0, 0.1) is 28.8 Å². The normalized spacial score (nSPS) is 25.0. The highest BCUT2D eigenvalue weighted by atomic mass is 19.2. The second-order valence-corrected chi connectivity index (χ2v) is 9.51. The van der Waals surface area contributed by atoms with Crippen molar-refractivity contribution >= 4 is 0 Å². The molecule has 0 radical (unpaired) electrons. The molecule has 0 N–H and O–H groups in total. The lowest BCUT2D eigenvalue weighted by molar-refractivity contribution is 0.129. The summed E-state index contributed by atoms with van der Waals surface area (Å²) >= 11 is 0. The van der Waals surface area contributed by atoms with Crippen molar-refractivity contribution in [3.63, 3.8) is 0 Å². The first kappa shape index (κ1) is 21.7. The Kier molecular flexibility index (Phi) is 7.88. The van der Waals surface area contributed by atoms with Crippen LogP contribution in [0.25, 0.3) is 0 Å². The van der Waals surface area contributed by atoms with Crippen LogP contribution in [0.4, 0.5) is 13.2 Å². The maximum Gasteiger partial charge on any atom is 0.194 e. The zero-order chi connectivity index (χ0) is 20.0. The summed E-state index contributed by atoms with van der Waals surface area (Å²) in [6.07, 6.45) is 18.9. The van der Waals surface area contributed by atoms with Gasteiger partial charge in [0.2, 0.25) is 0 Å².